The number of aromatic nitrogens is 3. The van der Waals surface area contributed by atoms with Gasteiger partial charge in [0.2, 0.25) is 5.82 Å². The molecule has 5 nitrogen and oxygen atoms in total. The highest BCUT2D eigenvalue weighted by atomic mass is 35.5. The van der Waals surface area contributed by atoms with Crippen LogP contribution in [0.3, 0.4) is 0 Å². The summed E-state index contributed by atoms with van der Waals surface area (Å²) < 4.78 is 1.72. The molecule has 1 amide bonds. The van der Waals surface area contributed by atoms with E-state index in [0.29, 0.717) is 21.6 Å². The van der Waals surface area contributed by atoms with Gasteiger partial charge in [-0.3, -0.25) is 4.79 Å². The molecule has 31 heavy (non-hydrogen) atoms. The molecule has 7 heteroatoms. The monoisotopic (exact) mass is 450 g/mol. The largest absolute Gasteiger partial charge is 0.318 e. The third-order valence-electron chi connectivity index (χ3n) is 5.07. The smallest absolute Gasteiger partial charge is 0.295 e. The second-order valence-corrected chi connectivity index (χ2v) is 8.18. The zero-order valence-electron chi connectivity index (χ0n) is 17.3. The Labute approximate surface area is 190 Å². The Morgan fingerprint density at radius 1 is 0.968 bits per heavy atom. The van der Waals surface area contributed by atoms with Crippen LogP contribution in [0.5, 0.6) is 0 Å². The second-order valence-electron chi connectivity index (χ2n) is 7.34. The highest BCUT2D eigenvalue weighted by Crippen LogP contribution is 2.27. The molecule has 1 N–H and O–H groups in total. The van der Waals surface area contributed by atoms with Crippen LogP contribution in [0.25, 0.3) is 17.1 Å². The zero-order valence-corrected chi connectivity index (χ0v) is 18.8. The standard InChI is InChI=1S/C24H20Cl2N4O/c1-14-6-4-8-17(12-14)23-28-22(24(31)27-20-11-10-18(25)13-19(20)26)29-30(23)21-9-5-7-15(2)16(21)3/h4-13H,1-3H3,(H,27,31). The van der Waals surface area contributed by atoms with Crippen LogP contribution in [-0.4, -0.2) is 20.7 Å². The van der Waals surface area contributed by atoms with Gasteiger partial charge in [-0.2, -0.15) is 0 Å². The highest BCUT2D eigenvalue weighted by Gasteiger charge is 2.21. The molecule has 0 fully saturated rings. The van der Waals surface area contributed by atoms with E-state index in [0.717, 1.165) is 27.9 Å². The minimum Gasteiger partial charge on any atom is -0.318 e. The van der Waals surface area contributed by atoms with Gasteiger partial charge in [0, 0.05) is 10.6 Å². The molecule has 0 aliphatic rings. The van der Waals surface area contributed by atoms with E-state index in [1.165, 1.54) is 0 Å². The number of rotatable bonds is 4. The van der Waals surface area contributed by atoms with Crippen LogP contribution < -0.4 is 5.32 Å². The fraction of sp³-hybridized carbons (Fsp3) is 0.125. The number of carbonyl (C=O) groups excluding carboxylic acids is 1. The summed E-state index contributed by atoms with van der Waals surface area (Å²) in [5, 5.41) is 8.15. The number of hydrogen-bond donors (Lipinski definition) is 1. The summed E-state index contributed by atoms with van der Waals surface area (Å²) in [6.07, 6.45) is 0. The fourth-order valence-corrected chi connectivity index (χ4v) is 3.74. The fourth-order valence-electron chi connectivity index (χ4n) is 3.28. The molecule has 0 saturated heterocycles. The lowest BCUT2D eigenvalue weighted by Crippen LogP contribution is -2.14. The van der Waals surface area contributed by atoms with Crippen molar-refractivity contribution < 1.29 is 4.79 Å². The molecule has 0 radical (unpaired) electrons. The van der Waals surface area contributed by atoms with Crippen LogP contribution in [0.15, 0.2) is 60.7 Å². The third kappa shape index (κ3) is 4.33. The number of hydrogen-bond acceptors (Lipinski definition) is 3. The van der Waals surface area contributed by atoms with Crippen LogP contribution in [0.1, 0.15) is 27.3 Å². The highest BCUT2D eigenvalue weighted by molar-refractivity contribution is 6.36. The van der Waals surface area contributed by atoms with E-state index in [1.54, 1.807) is 22.9 Å². The molecule has 0 spiro atoms. The Hall–Kier alpha value is -3.15. The molecule has 4 rings (SSSR count). The van der Waals surface area contributed by atoms with Crippen LogP contribution in [0, 0.1) is 20.8 Å². The average molecular weight is 451 g/mol. The molecular formula is C24H20Cl2N4O. The summed E-state index contributed by atoms with van der Waals surface area (Å²) in [4.78, 5) is 17.5. The van der Waals surface area contributed by atoms with Crippen molar-refractivity contribution in [2.75, 3.05) is 5.32 Å². The normalized spacial score (nSPS) is 10.9. The summed E-state index contributed by atoms with van der Waals surface area (Å²) in [6, 6.07) is 18.8. The number of aryl methyl sites for hydroxylation is 2. The lowest BCUT2D eigenvalue weighted by atomic mass is 10.1. The van der Waals surface area contributed by atoms with Crippen molar-refractivity contribution in [3.05, 3.63) is 93.2 Å². The molecular weight excluding hydrogens is 431 g/mol. The summed E-state index contributed by atoms with van der Waals surface area (Å²) in [6.45, 7) is 6.08. The van der Waals surface area contributed by atoms with Crippen LogP contribution >= 0.6 is 23.2 Å². The van der Waals surface area contributed by atoms with Crippen molar-refractivity contribution in [2.45, 2.75) is 20.8 Å². The Balaban J connectivity index is 1.81. The van der Waals surface area contributed by atoms with Crippen molar-refractivity contribution in [1.29, 1.82) is 0 Å². The summed E-state index contributed by atoms with van der Waals surface area (Å²) in [5.41, 5.74) is 5.46. The molecule has 4 aromatic rings. The van der Waals surface area contributed by atoms with Crippen LogP contribution in [0.2, 0.25) is 10.0 Å². The number of halogens is 2. The Morgan fingerprint density at radius 2 is 1.74 bits per heavy atom. The Kier molecular flexibility index (Phi) is 5.81. The van der Waals surface area contributed by atoms with Gasteiger partial charge in [0.05, 0.1) is 16.4 Å². The molecule has 0 aliphatic carbocycles. The van der Waals surface area contributed by atoms with E-state index >= 15 is 0 Å². The number of benzene rings is 3. The molecule has 0 aliphatic heterocycles. The van der Waals surface area contributed by atoms with Crippen molar-refractivity contribution in [2.24, 2.45) is 0 Å². The molecule has 0 saturated carbocycles. The molecule has 1 aromatic heterocycles. The predicted molar refractivity (Wildman–Crippen MR) is 125 cm³/mol. The molecule has 0 unspecified atom stereocenters. The quantitative estimate of drug-likeness (QED) is 0.390. The van der Waals surface area contributed by atoms with Crippen LogP contribution in [0.4, 0.5) is 5.69 Å². The first kappa shape index (κ1) is 21.1. The molecule has 0 bridgehead atoms. The van der Waals surface area contributed by atoms with Gasteiger partial charge in [-0.25, -0.2) is 9.67 Å². The lowest BCUT2D eigenvalue weighted by Gasteiger charge is -2.11. The minimum atomic E-state index is -0.456. The van der Waals surface area contributed by atoms with Crippen molar-refractivity contribution in [3.8, 4) is 17.1 Å². The first-order valence-corrected chi connectivity index (χ1v) is 10.5. The summed E-state index contributed by atoms with van der Waals surface area (Å²) in [7, 11) is 0. The van der Waals surface area contributed by atoms with Gasteiger partial charge >= 0.3 is 0 Å². The molecule has 3 aromatic carbocycles. The number of nitrogens with zero attached hydrogens (tertiary/aromatic N) is 3. The maximum absolute atomic E-state index is 13.0. The van der Waals surface area contributed by atoms with E-state index in [9.17, 15) is 4.79 Å². The topological polar surface area (TPSA) is 59.8 Å². The Morgan fingerprint density at radius 3 is 2.48 bits per heavy atom. The zero-order chi connectivity index (χ0) is 22.1. The van der Waals surface area contributed by atoms with Crippen LogP contribution in [-0.2, 0) is 0 Å². The first-order chi connectivity index (χ1) is 14.8. The van der Waals surface area contributed by atoms with Gasteiger partial charge in [-0.1, -0.05) is 59.1 Å². The Bertz CT molecular complexity index is 1300. The third-order valence-corrected chi connectivity index (χ3v) is 5.62. The second kappa shape index (κ2) is 8.53. The summed E-state index contributed by atoms with van der Waals surface area (Å²) >= 11 is 12.1. The maximum atomic E-state index is 13.0. The maximum Gasteiger partial charge on any atom is 0.295 e. The van der Waals surface area contributed by atoms with E-state index in [2.05, 4.69) is 15.4 Å². The van der Waals surface area contributed by atoms with E-state index < -0.39 is 5.91 Å². The number of anilines is 1. The number of amides is 1. The molecule has 0 atom stereocenters. The number of nitrogens with one attached hydrogen (secondary N) is 1. The lowest BCUT2D eigenvalue weighted by molar-refractivity contribution is 0.101. The SMILES string of the molecule is Cc1cccc(-c2nc(C(=O)Nc3ccc(Cl)cc3Cl)nn2-c2cccc(C)c2C)c1. The van der Waals surface area contributed by atoms with E-state index in [1.807, 2.05) is 63.2 Å². The van der Waals surface area contributed by atoms with E-state index in [-0.39, 0.29) is 5.82 Å². The van der Waals surface area contributed by atoms with Gasteiger partial charge in [-0.15, -0.1) is 5.10 Å². The first-order valence-electron chi connectivity index (χ1n) is 9.70. The molecule has 156 valence electrons. The van der Waals surface area contributed by atoms with Gasteiger partial charge in [0.25, 0.3) is 5.91 Å². The van der Waals surface area contributed by atoms with E-state index in [4.69, 9.17) is 23.2 Å². The summed E-state index contributed by atoms with van der Waals surface area (Å²) in [5.74, 6) is 0.176. The average Bonchev–Trinajstić information content (AvgIpc) is 3.17. The van der Waals surface area contributed by atoms with Gasteiger partial charge in [0.1, 0.15) is 0 Å². The van der Waals surface area contributed by atoms with Gasteiger partial charge in [-0.05, 0) is 62.2 Å². The molecule has 1 heterocycles. The number of carbonyl (C=O) groups is 1. The minimum absolute atomic E-state index is 0.0448. The van der Waals surface area contributed by atoms with Crippen molar-refractivity contribution >= 4 is 34.8 Å². The van der Waals surface area contributed by atoms with Gasteiger partial charge < -0.3 is 5.32 Å². The van der Waals surface area contributed by atoms with Crippen molar-refractivity contribution in [1.82, 2.24) is 14.8 Å². The van der Waals surface area contributed by atoms with Gasteiger partial charge in [0.15, 0.2) is 5.82 Å². The van der Waals surface area contributed by atoms with Crippen molar-refractivity contribution in [3.63, 3.8) is 0 Å². The predicted octanol–water partition coefficient (Wildman–Crippen LogP) is 6.42.